The van der Waals surface area contributed by atoms with Gasteiger partial charge in [0.2, 0.25) is 5.76 Å². The average Bonchev–Trinajstić information content (AvgIpc) is 2.20. The van der Waals surface area contributed by atoms with E-state index in [1.807, 2.05) is 0 Å². The number of hydrogen-bond acceptors (Lipinski definition) is 3. The highest BCUT2D eigenvalue weighted by Gasteiger charge is 2.09. The molecule has 0 amide bonds. The van der Waals surface area contributed by atoms with Crippen molar-refractivity contribution in [3.05, 3.63) is 46.2 Å². The van der Waals surface area contributed by atoms with Crippen molar-refractivity contribution in [1.29, 1.82) is 0 Å². The van der Waals surface area contributed by atoms with Gasteiger partial charge in [0.1, 0.15) is 0 Å². The van der Waals surface area contributed by atoms with Crippen molar-refractivity contribution in [3.63, 3.8) is 0 Å². The first-order chi connectivity index (χ1) is 6.69. The Hall–Kier alpha value is -2.04. The van der Waals surface area contributed by atoms with Gasteiger partial charge in [0.05, 0.1) is 12.0 Å². The molecule has 1 aromatic carbocycles. The summed E-state index contributed by atoms with van der Waals surface area (Å²) in [6.07, 6.45) is 1.01. The Labute approximate surface area is 80.4 Å². The SMILES string of the molecule is COC(=C[OH2+])c1cccc([N+](=O)[O-])c1. The predicted molar refractivity (Wildman–Crippen MR) is 51.7 cm³/mol. The van der Waals surface area contributed by atoms with E-state index in [4.69, 9.17) is 9.84 Å². The molecule has 1 rings (SSSR count). The molecule has 0 aliphatic carbocycles. The fourth-order valence-corrected chi connectivity index (χ4v) is 1.03. The second-order valence-corrected chi connectivity index (χ2v) is 2.52. The molecular formula is C9H10NO4+. The molecule has 0 heterocycles. The smallest absolute Gasteiger partial charge is 0.270 e. The molecule has 0 bridgehead atoms. The van der Waals surface area contributed by atoms with Gasteiger partial charge in [0.15, 0.2) is 0 Å². The number of rotatable bonds is 3. The lowest BCUT2D eigenvalue weighted by Crippen LogP contribution is -1.91. The van der Waals surface area contributed by atoms with Gasteiger partial charge in [-0.05, 0) is 0 Å². The summed E-state index contributed by atoms with van der Waals surface area (Å²) >= 11 is 0. The van der Waals surface area contributed by atoms with Crippen LogP contribution in [0, 0.1) is 10.1 Å². The maximum Gasteiger partial charge on any atom is 0.270 e. The molecule has 2 N–H and O–H groups in total. The highest BCUT2D eigenvalue weighted by Crippen LogP contribution is 2.19. The summed E-state index contributed by atoms with van der Waals surface area (Å²) in [6, 6.07) is 5.96. The number of hydrogen-bond donors (Lipinski definition) is 0. The van der Waals surface area contributed by atoms with Crippen LogP contribution in [0.4, 0.5) is 5.69 Å². The van der Waals surface area contributed by atoms with Crippen LogP contribution in [0.3, 0.4) is 0 Å². The number of non-ortho nitro benzene ring substituents is 1. The molecule has 0 spiro atoms. The van der Waals surface area contributed by atoms with Crippen molar-refractivity contribution in [2.75, 3.05) is 7.11 Å². The normalized spacial score (nSPS) is 11.1. The first kappa shape index (κ1) is 10.0. The molecule has 0 aliphatic heterocycles. The third-order valence-corrected chi connectivity index (χ3v) is 1.69. The lowest BCUT2D eigenvalue weighted by Gasteiger charge is -2.01. The summed E-state index contributed by atoms with van der Waals surface area (Å²) < 4.78 is 4.87. The average molecular weight is 196 g/mol. The molecule has 0 saturated heterocycles. The molecule has 0 saturated carbocycles. The van der Waals surface area contributed by atoms with Gasteiger partial charge in [-0.15, -0.1) is 0 Å². The monoisotopic (exact) mass is 196 g/mol. The van der Waals surface area contributed by atoms with E-state index in [-0.39, 0.29) is 5.69 Å². The van der Waals surface area contributed by atoms with Crippen molar-refractivity contribution in [2.45, 2.75) is 0 Å². The zero-order valence-corrected chi connectivity index (χ0v) is 7.56. The largest absolute Gasteiger partial charge is 0.596 e. The van der Waals surface area contributed by atoms with E-state index in [2.05, 4.69) is 0 Å². The minimum atomic E-state index is -0.485. The van der Waals surface area contributed by atoms with E-state index in [9.17, 15) is 10.1 Å². The lowest BCUT2D eigenvalue weighted by molar-refractivity contribution is -0.384. The van der Waals surface area contributed by atoms with Crippen LogP contribution in [-0.4, -0.2) is 17.1 Å². The third kappa shape index (κ3) is 2.01. The standard InChI is InChI=1S/C9H9NO4/c1-14-9(6-11)7-3-2-4-8(5-7)10(12)13/h2-6,11H,1H3/p+1. The number of methoxy groups -OCH3 is 1. The quantitative estimate of drug-likeness (QED) is 0.316. The maximum atomic E-state index is 10.5. The molecule has 1 aromatic rings. The molecule has 74 valence electrons. The Morgan fingerprint density at radius 3 is 2.86 bits per heavy atom. The highest BCUT2D eigenvalue weighted by atomic mass is 16.6. The van der Waals surface area contributed by atoms with Crippen LogP contribution in [0.25, 0.3) is 5.76 Å². The molecule has 0 unspecified atom stereocenters. The van der Waals surface area contributed by atoms with Gasteiger partial charge in [0, 0.05) is 17.7 Å². The van der Waals surface area contributed by atoms with Crippen molar-refractivity contribution < 1.29 is 14.8 Å². The van der Waals surface area contributed by atoms with E-state index in [0.717, 1.165) is 6.26 Å². The second kappa shape index (κ2) is 4.27. The topological polar surface area (TPSA) is 75.3 Å². The fraction of sp³-hybridized carbons (Fsp3) is 0.111. The van der Waals surface area contributed by atoms with E-state index < -0.39 is 4.92 Å². The molecule has 0 atom stereocenters. The second-order valence-electron chi connectivity index (χ2n) is 2.52. The summed E-state index contributed by atoms with van der Waals surface area (Å²) in [6.45, 7) is 0. The fourth-order valence-electron chi connectivity index (χ4n) is 1.03. The Morgan fingerprint density at radius 1 is 1.64 bits per heavy atom. The molecule has 14 heavy (non-hydrogen) atoms. The molecule has 0 aliphatic rings. The third-order valence-electron chi connectivity index (χ3n) is 1.69. The van der Waals surface area contributed by atoms with E-state index >= 15 is 0 Å². The molecule has 0 radical (unpaired) electrons. The van der Waals surface area contributed by atoms with Gasteiger partial charge in [-0.25, -0.2) is 0 Å². The Morgan fingerprint density at radius 2 is 2.36 bits per heavy atom. The van der Waals surface area contributed by atoms with Crippen LogP contribution in [0.2, 0.25) is 0 Å². The van der Waals surface area contributed by atoms with Crippen molar-refractivity contribution in [3.8, 4) is 0 Å². The van der Waals surface area contributed by atoms with Crippen LogP contribution in [0.1, 0.15) is 5.56 Å². The first-order valence-corrected chi connectivity index (χ1v) is 3.85. The number of nitrogens with zero attached hydrogens (tertiary/aromatic N) is 1. The van der Waals surface area contributed by atoms with Crippen LogP contribution >= 0.6 is 0 Å². The number of ether oxygens (including phenoxy) is 1. The van der Waals surface area contributed by atoms with Gasteiger partial charge in [-0.3, -0.25) is 10.1 Å². The van der Waals surface area contributed by atoms with Gasteiger partial charge >= 0.3 is 0 Å². The van der Waals surface area contributed by atoms with Gasteiger partial charge in [-0.1, -0.05) is 12.1 Å². The van der Waals surface area contributed by atoms with E-state index in [1.54, 1.807) is 12.1 Å². The van der Waals surface area contributed by atoms with Crippen molar-refractivity contribution in [2.24, 2.45) is 0 Å². The van der Waals surface area contributed by atoms with Crippen LogP contribution in [-0.2, 0) is 4.74 Å². The van der Waals surface area contributed by atoms with E-state index in [1.165, 1.54) is 19.2 Å². The summed E-state index contributed by atoms with van der Waals surface area (Å²) in [5, 5.41) is 17.5. The van der Waals surface area contributed by atoms with Gasteiger partial charge < -0.3 is 9.84 Å². The molecule has 0 aromatic heterocycles. The summed E-state index contributed by atoms with van der Waals surface area (Å²) in [7, 11) is 1.42. The van der Waals surface area contributed by atoms with Gasteiger partial charge in [0.25, 0.3) is 11.9 Å². The Bertz CT molecular complexity index is 373. The van der Waals surface area contributed by atoms with Crippen molar-refractivity contribution >= 4 is 11.4 Å². The Balaban J connectivity index is 3.11. The maximum absolute atomic E-state index is 10.5. The summed E-state index contributed by atoms with van der Waals surface area (Å²) in [4.78, 5) is 9.97. The van der Waals surface area contributed by atoms with Crippen LogP contribution in [0.15, 0.2) is 30.5 Å². The first-order valence-electron chi connectivity index (χ1n) is 3.85. The molecular weight excluding hydrogens is 186 g/mol. The van der Waals surface area contributed by atoms with Crippen LogP contribution in [0.5, 0.6) is 0 Å². The Kier molecular flexibility index (Phi) is 3.06. The van der Waals surface area contributed by atoms with E-state index in [0.29, 0.717) is 11.3 Å². The number of benzene rings is 1. The highest BCUT2D eigenvalue weighted by molar-refractivity contribution is 5.61. The summed E-state index contributed by atoms with van der Waals surface area (Å²) in [5.74, 6) is 0.300. The lowest BCUT2D eigenvalue weighted by atomic mass is 10.2. The summed E-state index contributed by atoms with van der Waals surface area (Å²) in [5.41, 5.74) is 0.510. The number of nitro groups is 1. The number of nitro benzene ring substituents is 1. The molecule has 5 nitrogen and oxygen atoms in total. The minimum absolute atomic E-state index is 0.0149. The zero-order valence-electron chi connectivity index (χ0n) is 7.56. The molecule has 0 fully saturated rings. The predicted octanol–water partition coefficient (Wildman–Crippen LogP) is 1.26. The van der Waals surface area contributed by atoms with Gasteiger partial charge in [-0.2, -0.15) is 0 Å². The van der Waals surface area contributed by atoms with Crippen LogP contribution < -0.4 is 0 Å². The minimum Gasteiger partial charge on any atom is -0.596 e. The molecule has 5 heteroatoms. The van der Waals surface area contributed by atoms with Crippen molar-refractivity contribution in [1.82, 2.24) is 0 Å². The zero-order chi connectivity index (χ0) is 10.6.